The van der Waals surface area contributed by atoms with Gasteiger partial charge in [-0.3, -0.25) is 19.2 Å². The molecule has 0 saturated carbocycles. The van der Waals surface area contributed by atoms with E-state index in [0.29, 0.717) is 11.4 Å². The molecule has 0 aromatic heterocycles. The van der Waals surface area contributed by atoms with Gasteiger partial charge in [0, 0.05) is 26.5 Å². The average Bonchev–Trinajstić information content (AvgIpc) is 2.78. The molecule has 1 amide bonds. The van der Waals surface area contributed by atoms with Crippen molar-refractivity contribution >= 4 is 29.5 Å². The van der Waals surface area contributed by atoms with Crippen LogP contribution in [-0.4, -0.2) is 54.5 Å². The number of hydrogen-bond acceptors (Lipinski definition) is 9. The first-order chi connectivity index (χ1) is 16.2. The van der Waals surface area contributed by atoms with E-state index in [1.165, 1.54) is 0 Å². The van der Waals surface area contributed by atoms with E-state index >= 15 is 0 Å². The van der Waals surface area contributed by atoms with Crippen molar-refractivity contribution in [2.75, 3.05) is 5.32 Å². The Labute approximate surface area is 196 Å². The smallest absolute Gasteiger partial charge is 0.303 e. The minimum absolute atomic E-state index is 0.347. The molecule has 1 N–H and O–H groups in total. The topological polar surface area (TPSA) is 126 Å². The highest BCUT2D eigenvalue weighted by Gasteiger charge is 2.55. The van der Waals surface area contributed by atoms with Crippen molar-refractivity contribution in [2.24, 2.45) is 0 Å². The maximum absolute atomic E-state index is 13.2. The van der Waals surface area contributed by atoms with Crippen molar-refractivity contribution in [1.82, 2.24) is 0 Å². The van der Waals surface area contributed by atoms with Crippen LogP contribution in [-0.2, 0) is 38.1 Å². The van der Waals surface area contributed by atoms with Gasteiger partial charge in [0.1, 0.15) is 5.75 Å². The summed E-state index contributed by atoms with van der Waals surface area (Å²) < 4.78 is 27.8. The first-order valence-corrected chi connectivity index (χ1v) is 10.5. The summed E-state index contributed by atoms with van der Waals surface area (Å²) in [4.78, 5) is 48.9. The van der Waals surface area contributed by atoms with Crippen LogP contribution in [0.15, 0.2) is 60.7 Å². The lowest BCUT2D eigenvalue weighted by Gasteiger charge is -2.43. The van der Waals surface area contributed by atoms with Gasteiger partial charge in [0.2, 0.25) is 12.4 Å². The second-order valence-corrected chi connectivity index (χ2v) is 7.43. The molecular weight excluding hydrogens is 446 g/mol. The van der Waals surface area contributed by atoms with E-state index in [4.69, 9.17) is 23.7 Å². The zero-order valence-electron chi connectivity index (χ0n) is 18.8. The van der Waals surface area contributed by atoms with Crippen LogP contribution in [0.5, 0.6) is 5.75 Å². The molecule has 34 heavy (non-hydrogen) atoms. The Morgan fingerprint density at radius 3 is 1.76 bits per heavy atom. The largest absolute Gasteiger partial charge is 0.461 e. The first kappa shape index (κ1) is 24.7. The predicted octanol–water partition coefficient (Wildman–Crippen LogP) is 2.22. The van der Waals surface area contributed by atoms with Crippen molar-refractivity contribution in [3.63, 3.8) is 0 Å². The Kier molecular flexibility index (Phi) is 8.20. The second kappa shape index (κ2) is 11.3. The molecule has 1 saturated heterocycles. The number of rotatable bonds is 7. The summed E-state index contributed by atoms with van der Waals surface area (Å²) in [6.07, 6.45) is -6.99. The molecule has 0 radical (unpaired) electrons. The summed E-state index contributed by atoms with van der Waals surface area (Å²) >= 11 is 0. The number of esters is 3. The molecule has 1 aliphatic rings. The lowest BCUT2D eigenvalue weighted by atomic mass is 9.97. The van der Waals surface area contributed by atoms with Crippen molar-refractivity contribution in [2.45, 2.75) is 51.5 Å². The Hall–Kier alpha value is -3.92. The van der Waals surface area contributed by atoms with Crippen LogP contribution in [0.3, 0.4) is 0 Å². The van der Waals surface area contributed by atoms with Gasteiger partial charge >= 0.3 is 17.9 Å². The van der Waals surface area contributed by atoms with E-state index in [0.717, 1.165) is 20.8 Å². The average molecular weight is 471 g/mol. The molecule has 0 bridgehead atoms. The molecule has 2 aromatic rings. The number of carbonyl (C=O) groups is 4. The normalized spacial score (nSPS) is 23.8. The Morgan fingerprint density at radius 2 is 1.21 bits per heavy atom. The van der Waals surface area contributed by atoms with Gasteiger partial charge in [-0.1, -0.05) is 36.4 Å². The summed E-state index contributed by atoms with van der Waals surface area (Å²) in [7, 11) is 0. The van der Waals surface area contributed by atoms with Crippen LogP contribution >= 0.6 is 0 Å². The van der Waals surface area contributed by atoms with E-state index in [-0.39, 0.29) is 0 Å². The minimum Gasteiger partial charge on any atom is -0.461 e. The molecule has 10 heteroatoms. The number of carbonyl (C=O) groups excluding carboxylic acids is 4. The fourth-order valence-corrected chi connectivity index (χ4v) is 3.45. The van der Waals surface area contributed by atoms with Crippen molar-refractivity contribution < 1.29 is 42.9 Å². The fourth-order valence-electron chi connectivity index (χ4n) is 3.45. The lowest BCUT2D eigenvalue weighted by molar-refractivity contribution is -0.277. The van der Waals surface area contributed by atoms with Crippen LogP contribution in [0, 0.1) is 0 Å². The minimum atomic E-state index is -1.46. The number of benzene rings is 2. The molecule has 0 spiro atoms. The Morgan fingerprint density at radius 1 is 0.706 bits per heavy atom. The van der Waals surface area contributed by atoms with Gasteiger partial charge in [-0.15, -0.1) is 0 Å². The number of anilines is 1. The van der Waals surface area contributed by atoms with Gasteiger partial charge < -0.3 is 29.0 Å². The first-order valence-electron chi connectivity index (χ1n) is 10.5. The maximum atomic E-state index is 13.2. The summed E-state index contributed by atoms with van der Waals surface area (Å²) in [5.41, 5.74) is 0.462. The molecule has 5 atom stereocenters. The van der Waals surface area contributed by atoms with Gasteiger partial charge in [0.15, 0.2) is 18.3 Å². The number of hydrogen-bond donors (Lipinski definition) is 1. The van der Waals surface area contributed by atoms with E-state index in [1.807, 2.05) is 0 Å². The molecular formula is C24H25NO9. The summed E-state index contributed by atoms with van der Waals surface area (Å²) in [5, 5.41) is 2.67. The van der Waals surface area contributed by atoms with Gasteiger partial charge in [-0.05, 0) is 24.3 Å². The lowest BCUT2D eigenvalue weighted by Crippen LogP contribution is -2.65. The highest BCUT2D eigenvalue weighted by Crippen LogP contribution is 2.31. The third-order valence-electron chi connectivity index (χ3n) is 4.70. The highest BCUT2D eigenvalue weighted by molar-refractivity contribution is 5.95. The zero-order valence-corrected chi connectivity index (χ0v) is 18.8. The quantitative estimate of drug-likeness (QED) is 0.478. The van der Waals surface area contributed by atoms with Crippen molar-refractivity contribution in [1.29, 1.82) is 0 Å². The molecule has 0 unspecified atom stereocenters. The Balaban J connectivity index is 2.00. The number of amides is 1. The predicted molar refractivity (Wildman–Crippen MR) is 117 cm³/mol. The summed E-state index contributed by atoms with van der Waals surface area (Å²) in [5.74, 6) is -2.56. The third kappa shape index (κ3) is 6.55. The van der Waals surface area contributed by atoms with E-state index in [1.54, 1.807) is 60.7 Å². The van der Waals surface area contributed by atoms with Crippen LogP contribution in [0.1, 0.15) is 20.8 Å². The maximum Gasteiger partial charge on any atom is 0.303 e. The molecule has 1 heterocycles. The number of ether oxygens (including phenoxy) is 5. The molecule has 0 aliphatic carbocycles. The van der Waals surface area contributed by atoms with Crippen LogP contribution in [0.4, 0.5) is 5.69 Å². The SMILES string of the molecule is CC(=O)O[C@@H]1[C@@H](OC(C)=O)[C@H](Oc2ccccc2)O[C@H](C(=O)Nc2ccccc2)[C@H]1OC(C)=O. The van der Waals surface area contributed by atoms with Crippen LogP contribution in [0.25, 0.3) is 0 Å². The number of para-hydroxylation sites is 2. The van der Waals surface area contributed by atoms with Crippen molar-refractivity contribution in [3.8, 4) is 5.75 Å². The summed E-state index contributed by atoms with van der Waals surface area (Å²) in [6.45, 7) is 3.42. The number of nitrogens with one attached hydrogen (secondary N) is 1. The second-order valence-electron chi connectivity index (χ2n) is 7.43. The van der Waals surface area contributed by atoms with E-state index in [9.17, 15) is 19.2 Å². The Bertz CT molecular complexity index is 1010. The summed E-state index contributed by atoms with van der Waals surface area (Å²) in [6, 6.07) is 17.0. The molecule has 3 rings (SSSR count). The van der Waals surface area contributed by atoms with Gasteiger partial charge in [-0.2, -0.15) is 0 Å². The van der Waals surface area contributed by atoms with E-state index in [2.05, 4.69) is 5.32 Å². The molecule has 180 valence electrons. The van der Waals surface area contributed by atoms with Gasteiger partial charge in [0.05, 0.1) is 0 Å². The molecule has 2 aromatic carbocycles. The van der Waals surface area contributed by atoms with Gasteiger partial charge in [-0.25, -0.2) is 0 Å². The molecule has 1 fully saturated rings. The fraction of sp³-hybridized carbons (Fsp3) is 0.333. The van der Waals surface area contributed by atoms with Crippen LogP contribution in [0.2, 0.25) is 0 Å². The molecule has 1 aliphatic heterocycles. The standard InChI is InChI=1S/C24H25NO9/c1-14(26)30-19-20(31-15(2)27)22(32-16(3)28)24(33-18-12-8-5-9-13-18)34-21(19)23(29)25-17-10-6-4-7-11-17/h4-13,19-22,24H,1-3H3,(H,25,29)/t19-,20-,21-,22+,24+/m0/s1. The molecule has 10 nitrogen and oxygen atoms in total. The van der Waals surface area contributed by atoms with E-state index < -0.39 is 54.5 Å². The monoisotopic (exact) mass is 471 g/mol. The zero-order chi connectivity index (χ0) is 24.7. The highest BCUT2D eigenvalue weighted by atomic mass is 16.7. The van der Waals surface area contributed by atoms with Crippen LogP contribution < -0.4 is 10.1 Å². The van der Waals surface area contributed by atoms with Gasteiger partial charge in [0.25, 0.3) is 5.91 Å². The van der Waals surface area contributed by atoms with Crippen molar-refractivity contribution in [3.05, 3.63) is 60.7 Å². The third-order valence-corrected chi connectivity index (χ3v) is 4.70.